The minimum atomic E-state index is 0.351. The number of piperidine rings is 1. The van der Waals surface area contributed by atoms with Crippen molar-refractivity contribution in [1.29, 1.82) is 0 Å². The number of hydrogen-bond donors (Lipinski definition) is 1. The van der Waals surface area contributed by atoms with Gasteiger partial charge in [-0.3, -0.25) is 4.90 Å². The highest BCUT2D eigenvalue weighted by Crippen LogP contribution is 2.24. The maximum atomic E-state index is 6.08. The number of aryl methyl sites for hydroxylation is 1. The third kappa shape index (κ3) is 2.30. The van der Waals surface area contributed by atoms with Crippen LogP contribution in [-0.2, 0) is 6.54 Å². The molecule has 0 saturated carbocycles. The highest BCUT2D eigenvalue weighted by molar-refractivity contribution is 5.06. The summed E-state index contributed by atoms with van der Waals surface area (Å²) in [5.74, 6) is 2.61. The van der Waals surface area contributed by atoms with E-state index in [1.807, 2.05) is 13.0 Å². The van der Waals surface area contributed by atoms with Crippen molar-refractivity contribution in [3.05, 3.63) is 23.7 Å². The standard InChI is InChI=1S/C13H22N2O/c1-9-4-5-12(16-9)8-15-7-6-13(14)10(2)11(15)3/h4-5,10-11,13H,6-8,14H2,1-3H3. The van der Waals surface area contributed by atoms with E-state index < -0.39 is 0 Å². The molecule has 1 fully saturated rings. The van der Waals surface area contributed by atoms with Crippen LogP contribution < -0.4 is 5.73 Å². The van der Waals surface area contributed by atoms with Crippen molar-refractivity contribution in [3.63, 3.8) is 0 Å². The molecule has 0 bridgehead atoms. The van der Waals surface area contributed by atoms with Crippen LogP contribution in [0.5, 0.6) is 0 Å². The van der Waals surface area contributed by atoms with E-state index in [9.17, 15) is 0 Å². The summed E-state index contributed by atoms with van der Waals surface area (Å²) in [5, 5.41) is 0. The average Bonchev–Trinajstić information content (AvgIpc) is 2.65. The SMILES string of the molecule is Cc1ccc(CN2CCC(N)C(C)C2C)o1. The highest BCUT2D eigenvalue weighted by atomic mass is 16.3. The second-order valence-electron chi connectivity index (χ2n) is 5.04. The first kappa shape index (κ1) is 11.7. The molecular formula is C13H22N2O. The number of likely N-dealkylation sites (tertiary alicyclic amines) is 1. The van der Waals surface area contributed by atoms with Crippen molar-refractivity contribution in [2.24, 2.45) is 11.7 Å². The predicted molar refractivity (Wildman–Crippen MR) is 65.1 cm³/mol. The van der Waals surface area contributed by atoms with Gasteiger partial charge in [-0.25, -0.2) is 0 Å². The maximum absolute atomic E-state index is 6.08. The summed E-state index contributed by atoms with van der Waals surface area (Å²) in [6, 6.07) is 4.99. The maximum Gasteiger partial charge on any atom is 0.118 e. The quantitative estimate of drug-likeness (QED) is 0.833. The predicted octanol–water partition coefficient (Wildman–Crippen LogP) is 2.15. The van der Waals surface area contributed by atoms with Gasteiger partial charge < -0.3 is 10.2 Å². The van der Waals surface area contributed by atoms with Crippen molar-refractivity contribution in [1.82, 2.24) is 4.90 Å². The molecule has 1 aliphatic rings. The van der Waals surface area contributed by atoms with Gasteiger partial charge in [-0.15, -0.1) is 0 Å². The number of rotatable bonds is 2. The molecule has 3 atom stereocenters. The summed E-state index contributed by atoms with van der Waals surface area (Å²) < 4.78 is 5.62. The Hall–Kier alpha value is -0.800. The first-order valence-electron chi connectivity index (χ1n) is 6.13. The van der Waals surface area contributed by atoms with Crippen LogP contribution in [0.4, 0.5) is 0 Å². The van der Waals surface area contributed by atoms with Gasteiger partial charge in [0, 0.05) is 18.6 Å². The minimum Gasteiger partial charge on any atom is -0.465 e. The molecule has 3 unspecified atom stereocenters. The van der Waals surface area contributed by atoms with Crippen molar-refractivity contribution < 1.29 is 4.42 Å². The molecule has 1 saturated heterocycles. The van der Waals surface area contributed by atoms with Gasteiger partial charge in [-0.2, -0.15) is 0 Å². The Bertz CT molecular complexity index is 347. The first-order valence-corrected chi connectivity index (χ1v) is 6.13. The van der Waals surface area contributed by atoms with E-state index >= 15 is 0 Å². The van der Waals surface area contributed by atoms with E-state index in [-0.39, 0.29) is 0 Å². The lowest BCUT2D eigenvalue weighted by molar-refractivity contribution is 0.0840. The van der Waals surface area contributed by atoms with Gasteiger partial charge >= 0.3 is 0 Å². The van der Waals surface area contributed by atoms with Gasteiger partial charge in [0.2, 0.25) is 0 Å². The lowest BCUT2D eigenvalue weighted by Crippen LogP contribution is -2.51. The Morgan fingerprint density at radius 2 is 2.19 bits per heavy atom. The van der Waals surface area contributed by atoms with Crippen LogP contribution in [0.15, 0.2) is 16.5 Å². The van der Waals surface area contributed by atoms with Crippen LogP contribution in [0.25, 0.3) is 0 Å². The summed E-state index contributed by atoms with van der Waals surface area (Å²) in [7, 11) is 0. The zero-order chi connectivity index (χ0) is 11.7. The lowest BCUT2D eigenvalue weighted by Gasteiger charge is -2.40. The van der Waals surface area contributed by atoms with Crippen LogP contribution in [0.1, 0.15) is 31.8 Å². The van der Waals surface area contributed by atoms with Crippen molar-refractivity contribution in [3.8, 4) is 0 Å². The van der Waals surface area contributed by atoms with Crippen LogP contribution >= 0.6 is 0 Å². The van der Waals surface area contributed by atoms with E-state index in [0.717, 1.165) is 31.0 Å². The van der Waals surface area contributed by atoms with Gasteiger partial charge in [0.15, 0.2) is 0 Å². The van der Waals surface area contributed by atoms with Crippen molar-refractivity contribution in [2.45, 2.75) is 45.8 Å². The van der Waals surface area contributed by atoms with Crippen molar-refractivity contribution >= 4 is 0 Å². The third-order valence-electron chi connectivity index (χ3n) is 3.92. The summed E-state index contributed by atoms with van der Waals surface area (Å²) in [4.78, 5) is 2.46. The molecule has 16 heavy (non-hydrogen) atoms. The fourth-order valence-electron chi connectivity index (χ4n) is 2.47. The molecule has 1 aromatic rings. The van der Waals surface area contributed by atoms with E-state index in [1.165, 1.54) is 0 Å². The summed E-state index contributed by atoms with van der Waals surface area (Å²) in [6.45, 7) is 8.48. The first-order chi connectivity index (χ1) is 7.58. The zero-order valence-corrected chi connectivity index (χ0v) is 10.4. The lowest BCUT2D eigenvalue weighted by atomic mass is 9.87. The molecule has 0 spiro atoms. The van der Waals surface area contributed by atoms with Crippen LogP contribution in [-0.4, -0.2) is 23.5 Å². The molecule has 0 amide bonds. The fraction of sp³-hybridized carbons (Fsp3) is 0.692. The molecular weight excluding hydrogens is 200 g/mol. The Balaban J connectivity index is 2.00. The molecule has 0 radical (unpaired) electrons. The van der Waals surface area contributed by atoms with Crippen LogP contribution in [0.2, 0.25) is 0 Å². The Morgan fingerprint density at radius 1 is 1.44 bits per heavy atom. The Morgan fingerprint density at radius 3 is 2.81 bits per heavy atom. The van der Waals surface area contributed by atoms with Gasteiger partial charge in [0.25, 0.3) is 0 Å². The topological polar surface area (TPSA) is 42.4 Å². The van der Waals surface area contributed by atoms with E-state index in [4.69, 9.17) is 10.2 Å². The van der Waals surface area contributed by atoms with E-state index in [1.54, 1.807) is 0 Å². The molecule has 1 aromatic heterocycles. The molecule has 1 aliphatic heterocycles. The minimum absolute atomic E-state index is 0.351. The fourth-order valence-corrected chi connectivity index (χ4v) is 2.47. The highest BCUT2D eigenvalue weighted by Gasteiger charge is 2.30. The molecule has 3 heteroatoms. The largest absolute Gasteiger partial charge is 0.465 e. The molecule has 2 N–H and O–H groups in total. The third-order valence-corrected chi connectivity index (χ3v) is 3.92. The molecule has 0 aromatic carbocycles. The summed E-state index contributed by atoms with van der Waals surface area (Å²) in [6.07, 6.45) is 1.09. The molecule has 2 rings (SSSR count). The van der Waals surface area contributed by atoms with Gasteiger partial charge in [-0.1, -0.05) is 6.92 Å². The Kier molecular flexibility index (Phi) is 3.36. The second-order valence-corrected chi connectivity index (χ2v) is 5.04. The smallest absolute Gasteiger partial charge is 0.118 e. The zero-order valence-electron chi connectivity index (χ0n) is 10.4. The van der Waals surface area contributed by atoms with Crippen molar-refractivity contribution in [2.75, 3.05) is 6.54 Å². The molecule has 3 nitrogen and oxygen atoms in total. The number of nitrogens with zero attached hydrogens (tertiary/aromatic N) is 1. The van der Waals surface area contributed by atoms with Gasteiger partial charge in [-0.05, 0) is 38.3 Å². The molecule has 0 aliphatic carbocycles. The van der Waals surface area contributed by atoms with Crippen LogP contribution in [0, 0.1) is 12.8 Å². The summed E-state index contributed by atoms with van der Waals surface area (Å²) >= 11 is 0. The second kappa shape index (κ2) is 4.60. The number of nitrogens with two attached hydrogens (primary N) is 1. The monoisotopic (exact) mass is 222 g/mol. The summed E-state index contributed by atoms with van der Waals surface area (Å²) in [5.41, 5.74) is 6.08. The number of furan rings is 1. The number of hydrogen-bond acceptors (Lipinski definition) is 3. The van der Waals surface area contributed by atoms with Gasteiger partial charge in [0.1, 0.15) is 11.5 Å². The van der Waals surface area contributed by atoms with E-state index in [2.05, 4.69) is 24.8 Å². The van der Waals surface area contributed by atoms with Gasteiger partial charge in [0.05, 0.1) is 6.54 Å². The Labute approximate surface area is 97.6 Å². The molecule has 90 valence electrons. The average molecular weight is 222 g/mol. The molecule has 2 heterocycles. The van der Waals surface area contributed by atoms with Crippen LogP contribution in [0.3, 0.4) is 0 Å². The van der Waals surface area contributed by atoms with E-state index in [0.29, 0.717) is 18.0 Å². The normalized spacial score (nSPS) is 31.9.